The van der Waals surface area contributed by atoms with Crippen LogP contribution in [0.4, 0.5) is 0 Å². The Morgan fingerprint density at radius 3 is 1.77 bits per heavy atom. The summed E-state index contributed by atoms with van der Waals surface area (Å²) in [7, 11) is 0. The first-order chi connectivity index (χ1) is 12.9. The minimum Gasteiger partial charge on any atom is -0.0885 e. The monoisotopic (exact) mass is 356 g/mol. The second-order valence-corrected chi connectivity index (χ2v) is 7.86. The van der Waals surface area contributed by atoms with Gasteiger partial charge in [-0.05, 0) is 56.1 Å². The molecule has 0 heteroatoms. The van der Waals surface area contributed by atoms with Gasteiger partial charge < -0.3 is 0 Å². The van der Waals surface area contributed by atoms with Crippen LogP contribution in [-0.2, 0) is 12.8 Å². The second kappa shape index (κ2) is 17.4. The summed E-state index contributed by atoms with van der Waals surface area (Å²) < 4.78 is 0. The Labute approximate surface area is 164 Å². The largest absolute Gasteiger partial charge is 0.0885 e. The lowest BCUT2D eigenvalue weighted by Crippen LogP contribution is -1.88. The quantitative estimate of drug-likeness (QED) is 0.193. The molecule has 0 atom stereocenters. The fourth-order valence-electron chi connectivity index (χ4n) is 3.58. The van der Waals surface area contributed by atoms with Crippen molar-refractivity contribution in [3.05, 3.63) is 47.5 Å². The van der Waals surface area contributed by atoms with Crippen LogP contribution in [0.15, 0.2) is 36.4 Å². The molecule has 0 aliphatic rings. The topological polar surface area (TPSA) is 0 Å². The van der Waals surface area contributed by atoms with Gasteiger partial charge in [-0.3, -0.25) is 0 Å². The van der Waals surface area contributed by atoms with Crippen molar-refractivity contribution in [3.63, 3.8) is 0 Å². The summed E-state index contributed by atoms with van der Waals surface area (Å²) in [5.74, 6) is 0. The summed E-state index contributed by atoms with van der Waals surface area (Å²) in [5, 5.41) is 0. The Hall–Kier alpha value is -1.04. The Morgan fingerprint density at radius 1 is 0.615 bits per heavy atom. The molecule has 0 aliphatic carbocycles. The van der Waals surface area contributed by atoms with Crippen molar-refractivity contribution >= 4 is 0 Å². The van der Waals surface area contributed by atoms with Gasteiger partial charge in [0.05, 0.1) is 0 Å². The number of benzene rings is 1. The van der Waals surface area contributed by atoms with Crippen LogP contribution in [0.3, 0.4) is 0 Å². The van der Waals surface area contributed by atoms with E-state index in [0.29, 0.717) is 0 Å². The van der Waals surface area contributed by atoms with E-state index in [4.69, 9.17) is 0 Å². The van der Waals surface area contributed by atoms with Crippen LogP contribution in [0.1, 0.15) is 115 Å². The summed E-state index contributed by atoms with van der Waals surface area (Å²) in [6.45, 7) is 4.53. The fourth-order valence-corrected chi connectivity index (χ4v) is 3.58. The van der Waals surface area contributed by atoms with Crippen LogP contribution in [0.2, 0.25) is 0 Å². The Bertz CT molecular complexity index is 443. The van der Waals surface area contributed by atoms with E-state index in [9.17, 15) is 0 Å². The van der Waals surface area contributed by atoms with E-state index in [2.05, 4.69) is 50.3 Å². The maximum Gasteiger partial charge on any atom is -0.0279 e. The summed E-state index contributed by atoms with van der Waals surface area (Å²) in [6.07, 6.45) is 26.7. The lowest BCUT2D eigenvalue weighted by molar-refractivity contribution is 0.595. The molecule has 0 aromatic heterocycles. The van der Waals surface area contributed by atoms with E-state index < -0.39 is 0 Å². The summed E-state index contributed by atoms with van der Waals surface area (Å²) in [6, 6.07) is 9.13. The van der Waals surface area contributed by atoms with Gasteiger partial charge in [-0.2, -0.15) is 0 Å². The molecule has 0 bridgehead atoms. The average molecular weight is 357 g/mol. The van der Waals surface area contributed by atoms with Crippen molar-refractivity contribution in [2.45, 2.75) is 117 Å². The molecule has 26 heavy (non-hydrogen) atoms. The van der Waals surface area contributed by atoms with Crippen LogP contribution in [0, 0.1) is 0 Å². The van der Waals surface area contributed by atoms with Gasteiger partial charge in [0, 0.05) is 0 Å². The fraction of sp³-hybridized carbons (Fsp3) is 0.692. The van der Waals surface area contributed by atoms with Gasteiger partial charge in [0.2, 0.25) is 0 Å². The number of aryl methyl sites for hydroxylation is 2. The van der Waals surface area contributed by atoms with Crippen molar-refractivity contribution in [3.8, 4) is 0 Å². The molecule has 0 saturated heterocycles. The number of hydrogen-bond donors (Lipinski definition) is 0. The third kappa shape index (κ3) is 13.2. The van der Waals surface area contributed by atoms with E-state index in [1.165, 1.54) is 107 Å². The third-order valence-electron chi connectivity index (χ3n) is 5.38. The van der Waals surface area contributed by atoms with Gasteiger partial charge in [-0.15, -0.1) is 0 Å². The zero-order valence-electron chi connectivity index (χ0n) is 17.8. The molecule has 0 amide bonds. The number of rotatable bonds is 17. The number of hydrogen-bond acceptors (Lipinski definition) is 0. The number of allylic oxidation sites excluding steroid dienone is 2. The molecule has 0 fully saturated rings. The highest BCUT2D eigenvalue weighted by Gasteiger charge is 1.96. The van der Waals surface area contributed by atoms with Gasteiger partial charge >= 0.3 is 0 Å². The zero-order valence-corrected chi connectivity index (χ0v) is 17.8. The Kier molecular flexibility index (Phi) is 15.4. The lowest BCUT2D eigenvalue weighted by atomic mass is 10.0. The molecule has 0 unspecified atom stereocenters. The van der Waals surface area contributed by atoms with Gasteiger partial charge in [0.15, 0.2) is 0 Å². The molecule has 148 valence electrons. The van der Waals surface area contributed by atoms with Crippen molar-refractivity contribution in [2.24, 2.45) is 0 Å². The Balaban J connectivity index is 1.83. The maximum absolute atomic E-state index is 2.42. The van der Waals surface area contributed by atoms with Crippen LogP contribution in [0.5, 0.6) is 0 Å². The first kappa shape index (κ1) is 23.0. The molecule has 0 heterocycles. The van der Waals surface area contributed by atoms with Crippen LogP contribution in [-0.4, -0.2) is 0 Å². The molecule has 0 radical (unpaired) electrons. The summed E-state index contributed by atoms with van der Waals surface area (Å²) >= 11 is 0. The van der Waals surface area contributed by atoms with Crippen LogP contribution < -0.4 is 0 Å². The van der Waals surface area contributed by atoms with E-state index in [1.807, 2.05) is 0 Å². The van der Waals surface area contributed by atoms with Crippen molar-refractivity contribution in [2.75, 3.05) is 0 Å². The average Bonchev–Trinajstić information content (AvgIpc) is 2.68. The van der Waals surface area contributed by atoms with Crippen molar-refractivity contribution < 1.29 is 0 Å². The van der Waals surface area contributed by atoms with Crippen molar-refractivity contribution in [1.29, 1.82) is 0 Å². The Morgan fingerprint density at radius 2 is 1.15 bits per heavy atom. The van der Waals surface area contributed by atoms with Crippen LogP contribution in [0.25, 0.3) is 0 Å². The third-order valence-corrected chi connectivity index (χ3v) is 5.38. The van der Waals surface area contributed by atoms with E-state index >= 15 is 0 Å². The first-order valence-electron chi connectivity index (χ1n) is 11.6. The van der Waals surface area contributed by atoms with E-state index in [1.54, 1.807) is 0 Å². The normalized spacial score (nSPS) is 11.5. The minimum atomic E-state index is 1.15. The second-order valence-electron chi connectivity index (χ2n) is 7.86. The molecule has 0 nitrogen and oxygen atoms in total. The lowest BCUT2D eigenvalue weighted by Gasteiger charge is -2.04. The zero-order chi connectivity index (χ0) is 18.7. The molecule has 1 rings (SSSR count). The minimum absolute atomic E-state index is 1.15. The first-order valence-corrected chi connectivity index (χ1v) is 11.6. The van der Waals surface area contributed by atoms with Crippen molar-refractivity contribution in [1.82, 2.24) is 0 Å². The molecule has 0 aliphatic heterocycles. The molecule has 1 aromatic rings. The standard InChI is InChI=1S/C26H44/c1-3-5-6-7-8-9-10-11-12-13-14-15-16-17-18-19-21-26-23-20-22-25(4-2)24-26/h11-12,20,22-24H,3-10,13-19,21H2,1-2H3/b12-11-. The molecule has 0 N–H and O–H groups in total. The molecular formula is C26H44. The van der Waals surface area contributed by atoms with E-state index in [0.717, 1.165) is 6.42 Å². The van der Waals surface area contributed by atoms with Gasteiger partial charge in [0.25, 0.3) is 0 Å². The highest BCUT2D eigenvalue weighted by molar-refractivity contribution is 5.23. The van der Waals surface area contributed by atoms with Gasteiger partial charge in [-0.25, -0.2) is 0 Å². The molecule has 1 aromatic carbocycles. The van der Waals surface area contributed by atoms with Crippen LogP contribution >= 0.6 is 0 Å². The van der Waals surface area contributed by atoms with E-state index in [-0.39, 0.29) is 0 Å². The predicted octanol–water partition coefficient (Wildman–Crippen LogP) is 8.83. The molecule has 0 spiro atoms. The maximum atomic E-state index is 2.42. The number of unbranched alkanes of at least 4 members (excludes halogenated alkanes) is 12. The summed E-state index contributed by atoms with van der Waals surface area (Å²) in [5.41, 5.74) is 3.01. The predicted molar refractivity (Wildman–Crippen MR) is 119 cm³/mol. The highest BCUT2D eigenvalue weighted by atomic mass is 14.0. The van der Waals surface area contributed by atoms with Gasteiger partial charge in [0.1, 0.15) is 0 Å². The smallest absolute Gasteiger partial charge is 0.0279 e. The molecule has 0 saturated carbocycles. The van der Waals surface area contributed by atoms with Gasteiger partial charge in [-0.1, -0.05) is 108 Å². The summed E-state index contributed by atoms with van der Waals surface area (Å²) in [4.78, 5) is 0. The molecular weight excluding hydrogens is 312 g/mol. The highest BCUT2D eigenvalue weighted by Crippen LogP contribution is 2.13. The SMILES string of the molecule is CCCCCCCC/C=C\CCCCCCCCc1cccc(CC)c1.